The molecule has 1 atom stereocenters. The van der Waals surface area contributed by atoms with Crippen LogP contribution in [0.15, 0.2) is 0 Å². The van der Waals surface area contributed by atoms with Crippen molar-refractivity contribution in [2.45, 2.75) is 57.6 Å². The van der Waals surface area contributed by atoms with Crippen molar-refractivity contribution in [1.29, 1.82) is 0 Å². The first kappa shape index (κ1) is 13.0. The molecule has 1 aromatic rings. The fourth-order valence-corrected chi connectivity index (χ4v) is 4.06. The topological polar surface area (TPSA) is 48.1 Å². The summed E-state index contributed by atoms with van der Waals surface area (Å²) in [7, 11) is 1.79. The number of nitrogens with two attached hydrogens (primary N) is 1. The van der Waals surface area contributed by atoms with E-state index in [-0.39, 0.29) is 11.6 Å². The highest BCUT2D eigenvalue weighted by molar-refractivity contribution is 7.11. The predicted octanol–water partition coefficient (Wildman–Crippen LogP) is 3.14. The molecule has 0 aromatic carbocycles. The fourth-order valence-electron chi connectivity index (χ4n) is 2.57. The summed E-state index contributed by atoms with van der Waals surface area (Å²) in [6, 6.07) is 0.131. The van der Waals surface area contributed by atoms with Crippen molar-refractivity contribution in [3.8, 4) is 0 Å². The van der Waals surface area contributed by atoms with Crippen LogP contribution in [-0.4, -0.2) is 12.1 Å². The third-order valence-corrected chi connectivity index (χ3v) is 5.24. The summed E-state index contributed by atoms with van der Waals surface area (Å²) >= 11 is 1.80. The molecule has 0 saturated heterocycles. The fraction of sp³-hybridized carbons (Fsp3) is 0.769. The van der Waals surface area contributed by atoms with Crippen molar-refractivity contribution in [3.05, 3.63) is 15.6 Å². The zero-order valence-corrected chi connectivity index (χ0v) is 11.8. The maximum absolute atomic E-state index is 6.13. The smallest absolute Gasteiger partial charge is 0.125 e. The number of aryl methyl sites for hydroxylation is 1. The molecule has 0 bridgehead atoms. The molecular weight excluding hydrogens is 232 g/mol. The summed E-state index contributed by atoms with van der Waals surface area (Å²) in [5.41, 5.74) is 7.05. The average molecular weight is 254 g/mol. The molecule has 0 radical (unpaired) electrons. The summed E-state index contributed by atoms with van der Waals surface area (Å²) in [5.74, 6) is 0. The van der Waals surface area contributed by atoms with Crippen LogP contribution >= 0.6 is 11.3 Å². The zero-order valence-electron chi connectivity index (χ0n) is 11.0. The first-order valence-electron chi connectivity index (χ1n) is 6.47. The SMILES string of the molecule is CCC(CC)(OC)c1nc2c(s1)CCCC2N. The second-order valence-corrected chi connectivity index (χ2v) is 5.82. The number of ether oxygens (including phenoxy) is 1. The highest BCUT2D eigenvalue weighted by Gasteiger charge is 2.34. The molecule has 3 nitrogen and oxygen atoms in total. The number of hydrogen-bond acceptors (Lipinski definition) is 4. The van der Waals surface area contributed by atoms with Gasteiger partial charge in [-0.05, 0) is 32.1 Å². The van der Waals surface area contributed by atoms with Crippen molar-refractivity contribution in [2.24, 2.45) is 5.73 Å². The molecule has 1 heterocycles. The molecule has 0 spiro atoms. The number of nitrogens with zero attached hydrogens (tertiary/aromatic N) is 1. The number of thiazole rings is 1. The Labute approximate surface area is 107 Å². The van der Waals surface area contributed by atoms with Crippen LogP contribution in [0.3, 0.4) is 0 Å². The van der Waals surface area contributed by atoms with Crippen molar-refractivity contribution in [1.82, 2.24) is 4.98 Å². The van der Waals surface area contributed by atoms with Crippen LogP contribution in [0, 0.1) is 0 Å². The maximum atomic E-state index is 6.13. The van der Waals surface area contributed by atoms with Gasteiger partial charge in [-0.25, -0.2) is 4.98 Å². The Morgan fingerprint density at radius 3 is 2.71 bits per heavy atom. The van der Waals surface area contributed by atoms with Gasteiger partial charge in [0.1, 0.15) is 10.6 Å². The molecule has 0 aliphatic heterocycles. The molecule has 1 aromatic heterocycles. The Balaban J connectivity index is 2.39. The van der Waals surface area contributed by atoms with E-state index >= 15 is 0 Å². The highest BCUT2D eigenvalue weighted by atomic mass is 32.1. The molecule has 2 rings (SSSR count). The second-order valence-electron chi connectivity index (χ2n) is 4.73. The third-order valence-electron chi connectivity index (χ3n) is 3.92. The van der Waals surface area contributed by atoms with Crippen molar-refractivity contribution < 1.29 is 4.74 Å². The zero-order chi connectivity index (χ0) is 12.5. The summed E-state index contributed by atoms with van der Waals surface area (Å²) in [6.45, 7) is 4.32. The van der Waals surface area contributed by atoms with Gasteiger partial charge in [-0.1, -0.05) is 13.8 Å². The molecule has 1 unspecified atom stereocenters. The van der Waals surface area contributed by atoms with E-state index < -0.39 is 0 Å². The number of methoxy groups -OCH3 is 1. The number of hydrogen-bond donors (Lipinski definition) is 1. The molecule has 1 aliphatic carbocycles. The van der Waals surface area contributed by atoms with Gasteiger partial charge in [-0.15, -0.1) is 11.3 Å². The molecule has 0 saturated carbocycles. The minimum atomic E-state index is -0.207. The summed E-state index contributed by atoms with van der Waals surface area (Å²) in [4.78, 5) is 6.16. The van der Waals surface area contributed by atoms with E-state index in [9.17, 15) is 0 Å². The Morgan fingerprint density at radius 1 is 1.47 bits per heavy atom. The first-order valence-corrected chi connectivity index (χ1v) is 7.29. The minimum Gasteiger partial charge on any atom is -0.371 e. The Bertz CT molecular complexity index is 377. The van der Waals surface area contributed by atoms with Crippen LogP contribution in [0.5, 0.6) is 0 Å². The van der Waals surface area contributed by atoms with Gasteiger partial charge in [-0.3, -0.25) is 0 Å². The van der Waals surface area contributed by atoms with E-state index in [1.807, 2.05) is 0 Å². The monoisotopic (exact) mass is 254 g/mol. The normalized spacial score (nSPS) is 20.4. The quantitative estimate of drug-likeness (QED) is 0.898. The number of aromatic nitrogens is 1. The van der Waals surface area contributed by atoms with E-state index in [2.05, 4.69) is 13.8 Å². The molecule has 96 valence electrons. The number of fused-ring (bicyclic) bond motifs is 1. The van der Waals surface area contributed by atoms with Crippen LogP contribution in [-0.2, 0) is 16.8 Å². The van der Waals surface area contributed by atoms with Crippen molar-refractivity contribution >= 4 is 11.3 Å². The van der Waals surface area contributed by atoms with Gasteiger partial charge in [0.15, 0.2) is 0 Å². The van der Waals surface area contributed by atoms with Gasteiger partial charge in [0, 0.05) is 18.0 Å². The highest BCUT2D eigenvalue weighted by Crippen LogP contribution is 2.40. The molecule has 1 aliphatic rings. The lowest BCUT2D eigenvalue weighted by Gasteiger charge is -2.27. The lowest BCUT2D eigenvalue weighted by Crippen LogP contribution is -2.26. The Morgan fingerprint density at radius 2 is 2.18 bits per heavy atom. The third kappa shape index (κ3) is 2.14. The van der Waals surface area contributed by atoms with Gasteiger partial charge in [-0.2, -0.15) is 0 Å². The van der Waals surface area contributed by atoms with Crippen LogP contribution in [0.4, 0.5) is 0 Å². The lowest BCUT2D eigenvalue weighted by molar-refractivity contribution is -0.0220. The van der Waals surface area contributed by atoms with Crippen LogP contribution < -0.4 is 5.73 Å². The Kier molecular flexibility index (Phi) is 3.85. The minimum absolute atomic E-state index is 0.131. The molecule has 2 N–H and O–H groups in total. The van der Waals surface area contributed by atoms with E-state index in [1.54, 1.807) is 18.4 Å². The molecular formula is C13H22N2OS. The van der Waals surface area contributed by atoms with Gasteiger partial charge < -0.3 is 10.5 Å². The van der Waals surface area contributed by atoms with Gasteiger partial charge in [0.25, 0.3) is 0 Å². The standard InChI is InChI=1S/C13H22N2OS/c1-4-13(5-2,16-3)12-15-11-9(14)7-6-8-10(11)17-12/h9H,4-8,14H2,1-3H3. The summed E-state index contributed by atoms with van der Waals surface area (Å²) in [5, 5.41) is 1.12. The maximum Gasteiger partial charge on any atom is 0.125 e. The predicted molar refractivity (Wildman–Crippen MR) is 71.2 cm³/mol. The summed E-state index contributed by atoms with van der Waals surface area (Å²) in [6.07, 6.45) is 5.31. The van der Waals surface area contributed by atoms with E-state index in [0.29, 0.717) is 0 Å². The van der Waals surface area contributed by atoms with E-state index in [4.69, 9.17) is 15.5 Å². The van der Waals surface area contributed by atoms with Crippen LogP contribution in [0.25, 0.3) is 0 Å². The summed E-state index contributed by atoms with van der Waals surface area (Å²) < 4.78 is 5.74. The Hall–Kier alpha value is -0.450. The number of rotatable bonds is 4. The first-order chi connectivity index (χ1) is 8.16. The van der Waals surface area contributed by atoms with Gasteiger partial charge in [0.05, 0.1) is 5.69 Å². The second kappa shape index (κ2) is 5.04. The van der Waals surface area contributed by atoms with Gasteiger partial charge in [0.2, 0.25) is 0 Å². The molecule has 0 fully saturated rings. The molecule has 17 heavy (non-hydrogen) atoms. The van der Waals surface area contributed by atoms with Crippen molar-refractivity contribution in [2.75, 3.05) is 7.11 Å². The van der Waals surface area contributed by atoms with Crippen LogP contribution in [0.1, 0.15) is 61.2 Å². The van der Waals surface area contributed by atoms with Crippen molar-refractivity contribution in [3.63, 3.8) is 0 Å². The largest absolute Gasteiger partial charge is 0.371 e. The molecule has 4 heteroatoms. The molecule has 0 amide bonds. The van der Waals surface area contributed by atoms with E-state index in [0.717, 1.165) is 36.4 Å². The van der Waals surface area contributed by atoms with E-state index in [1.165, 1.54) is 11.3 Å². The van der Waals surface area contributed by atoms with Crippen LogP contribution in [0.2, 0.25) is 0 Å². The average Bonchev–Trinajstić information content (AvgIpc) is 2.78. The van der Waals surface area contributed by atoms with Gasteiger partial charge >= 0.3 is 0 Å². The lowest BCUT2D eigenvalue weighted by atomic mass is 9.96.